The topological polar surface area (TPSA) is 50.9 Å². The summed E-state index contributed by atoms with van der Waals surface area (Å²) in [6, 6.07) is 8.19. The van der Waals surface area contributed by atoms with E-state index in [4.69, 9.17) is 0 Å². The van der Waals surface area contributed by atoms with Gasteiger partial charge in [-0.3, -0.25) is 0 Å². The summed E-state index contributed by atoms with van der Waals surface area (Å²) < 4.78 is 1.75. The number of rotatable bonds is 5. The number of aryl methyl sites for hydroxylation is 2. The molecule has 0 aliphatic heterocycles. The van der Waals surface area contributed by atoms with E-state index in [1.54, 1.807) is 4.68 Å². The van der Waals surface area contributed by atoms with Gasteiger partial charge in [0.2, 0.25) is 0 Å². The zero-order valence-electron chi connectivity index (χ0n) is 12.7. The molecule has 108 valence electrons. The molecule has 2 rings (SSSR count). The van der Waals surface area contributed by atoms with E-state index in [9.17, 15) is 5.11 Å². The van der Waals surface area contributed by atoms with Gasteiger partial charge in [-0.25, -0.2) is 9.67 Å². The van der Waals surface area contributed by atoms with E-state index in [0.29, 0.717) is 12.5 Å². The number of hydrogen-bond acceptors (Lipinski definition) is 3. The molecule has 1 heterocycles. The minimum absolute atomic E-state index is 0.441. The Morgan fingerprint density at radius 3 is 2.30 bits per heavy atom. The Labute approximate surface area is 120 Å². The maximum Gasteiger partial charge on any atom is 0.147 e. The van der Waals surface area contributed by atoms with Crippen LogP contribution in [0.15, 0.2) is 24.3 Å². The van der Waals surface area contributed by atoms with Crippen LogP contribution in [-0.2, 0) is 13.0 Å². The molecule has 0 bridgehead atoms. The van der Waals surface area contributed by atoms with Gasteiger partial charge in [-0.15, -0.1) is 0 Å². The average Bonchev–Trinajstić information content (AvgIpc) is 2.68. The Morgan fingerprint density at radius 1 is 1.15 bits per heavy atom. The first kappa shape index (κ1) is 14.7. The van der Waals surface area contributed by atoms with E-state index in [1.165, 1.54) is 5.56 Å². The van der Waals surface area contributed by atoms with Crippen LogP contribution in [0.1, 0.15) is 42.7 Å². The molecule has 1 aromatic heterocycles. The summed E-state index contributed by atoms with van der Waals surface area (Å²) >= 11 is 0. The maximum atomic E-state index is 10.3. The van der Waals surface area contributed by atoms with Crippen LogP contribution >= 0.6 is 0 Å². The highest BCUT2D eigenvalue weighted by Gasteiger charge is 2.11. The van der Waals surface area contributed by atoms with Crippen molar-refractivity contribution in [3.63, 3.8) is 0 Å². The van der Waals surface area contributed by atoms with Crippen molar-refractivity contribution in [2.45, 2.75) is 46.8 Å². The molecule has 0 aliphatic rings. The van der Waals surface area contributed by atoms with Crippen LogP contribution < -0.4 is 0 Å². The number of aliphatic hydroxyl groups excluding tert-OH is 1. The Balaban J connectivity index is 2.05. The molecule has 0 spiro atoms. The van der Waals surface area contributed by atoms with Crippen molar-refractivity contribution in [3.05, 3.63) is 47.0 Å². The lowest BCUT2D eigenvalue weighted by molar-refractivity contribution is 0.150. The maximum absolute atomic E-state index is 10.3. The summed E-state index contributed by atoms with van der Waals surface area (Å²) in [5.74, 6) is 2.21. The lowest BCUT2D eigenvalue weighted by Gasteiger charge is -2.13. The smallest absolute Gasteiger partial charge is 0.147 e. The van der Waals surface area contributed by atoms with Crippen LogP contribution in [0.5, 0.6) is 0 Å². The number of benzene rings is 1. The molecule has 0 saturated carbocycles. The molecule has 1 N–H and O–H groups in total. The first-order chi connectivity index (χ1) is 9.45. The van der Waals surface area contributed by atoms with Gasteiger partial charge in [0.15, 0.2) is 0 Å². The summed E-state index contributed by atoms with van der Waals surface area (Å²) in [7, 11) is 0. The highest BCUT2D eigenvalue weighted by atomic mass is 16.3. The fourth-order valence-corrected chi connectivity index (χ4v) is 2.35. The van der Waals surface area contributed by atoms with E-state index >= 15 is 0 Å². The summed E-state index contributed by atoms with van der Waals surface area (Å²) in [6.45, 7) is 8.61. The SMILES string of the molecule is Cc1nc(C)n(CC(O)c2ccc(CC(C)C)cc2)n1. The second kappa shape index (κ2) is 6.18. The minimum atomic E-state index is -0.553. The molecular weight excluding hydrogens is 250 g/mol. The van der Waals surface area contributed by atoms with E-state index in [1.807, 2.05) is 26.0 Å². The molecule has 2 aromatic rings. The fourth-order valence-electron chi connectivity index (χ4n) is 2.35. The van der Waals surface area contributed by atoms with Gasteiger partial charge in [-0.2, -0.15) is 5.10 Å². The van der Waals surface area contributed by atoms with Gasteiger partial charge < -0.3 is 5.11 Å². The quantitative estimate of drug-likeness (QED) is 0.911. The largest absolute Gasteiger partial charge is 0.386 e. The summed E-state index contributed by atoms with van der Waals surface area (Å²) in [6.07, 6.45) is 0.514. The van der Waals surface area contributed by atoms with Gasteiger partial charge in [0.1, 0.15) is 11.6 Å². The first-order valence-corrected chi connectivity index (χ1v) is 7.10. The van der Waals surface area contributed by atoms with Gasteiger partial charge in [-0.1, -0.05) is 38.1 Å². The van der Waals surface area contributed by atoms with Crippen molar-refractivity contribution in [1.29, 1.82) is 0 Å². The summed E-state index contributed by atoms with van der Waals surface area (Å²) in [5, 5.41) is 14.6. The standard InChI is InChI=1S/C16H23N3O/c1-11(2)9-14-5-7-15(8-6-14)16(20)10-19-13(4)17-12(3)18-19/h5-8,11,16,20H,9-10H2,1-4H3. The molecule has 0 fully saturated rings. The zero-order valence-corrected chi connectivity index (χ0v) is 12.7. The predicted molar refractivity (Wildman–Crippen MR) is 79.4 cm³/mol. The van der Waals surface area contributed by atoms with Crippen molar-refractivity contribution in [2.24, 2.45) is 5.92 Å². The van der Waals surface area contributed by atoms with E-state index in [-0.39, 0.29) is 0 Å². The Hall–Kier alpha value is -1.68. The normalized spacial score (nSPS) is 12.9. The van der Waals surface area contributed by atoms with Crippen LogP contribution in [0.2, 0.25) is 0 Å². The second-order valence-electron chi connectivity index (χ2n) is 5.74. The van der Waals surface area contributed by atoms with Crippen LogP contribution in [0.25, 0.3) is 0 Å². The van der Waals surface area contributed by atoms with E-state index < -0.39 is 6.10 Å². The predicted octanol–water partition coefficient (Wildman–Crippen LogP) is 2.83. The Kier molecular flexibility index (Phi) is 4.55. The Bertz CT molecular complexity index is 558. The molecule has 1 unspecified atom stereocenters. The molecule has 0 aliphatic carbocycles. The highest BCUT2D eigenvalue weighted by molar-refractivity contribution is 5.24. The van der Waals surface area contributed by atoms with Crippen LogP contribution in [0.4, 0.5) is 0 Å². The molecule has 0 saturated heterocycles. The van der Waals surface area contributed by atoms with Crippen LogP contribution in [0.3, 0.4) is 0 Å². The molecule has 4 heteroatoms. The number of aromatic nitrogens is 3. The third-order valence-electron chi connectivity index (χ3n) is 3.32. The zero-order chi connectivity index (χ0) is 14.7. The van der Waals surface area contributed by atoms with Crippen molar-refractivity contribution in [2.75, 3.05) is 0 Å². The number of hydrogen-bond donors (Lipinski definition) is 1. The molecule has 1 atom stereocenters. The van der Waals surface area contributed by atoms with Gasteiger partial charge in [0, 0.05) is 0 Å². The monoisotopic (exact) mass is 273 g/mol. The molecule has 0 radical (unpaired) electrons. The fraction of sp³-hybridized carbons (Fsp3) is 0.500. The van der Waals surface area contributed by atoms with Crippen molar-refractivity contribution in [3.8, 4) is 0 Å². The van der Waals surface area contributed by atoms with E-state index in [0.717, 1.165) is 23.6 Å². The number of aliphatic hydroxyl groups is 1. The van der Waals surface area contributed by atoms with Gasteiger partial charge in [0.05, 0.1) is 12.6 Å². The highest BCUT2D eigenvalue weighted by Crippen LogP contribution is 2.17. The molecule has 4 nitrogen and oxygen atoms in total. The van der Waals surface area contributed by atoms with Gasteiger partial charge in [0.25, 0.3) is 0 Å². The minimum Gasteiger partial charge on any atom is -0.386 e. The molecular formula is C16H23N3O. The van der Waals surface area contributed by atoms with Crippen LogP contribution in [0, 0.1) is 19.8 Å². The third-order valence-corrected chi connectivity index (χ3v) is 3.32. The number of nitrogens with zero attached hydrogens (tertiary/aromatic N) is 3. The van der Waals surface area contributed by atoms with Gasteiger partial charge >= 0.3 is 0 Å². The van der Waals surface area contributed by atoms with Gasteiger partial charge in [-0.05, 0) is 37.3 Å². The van der Waals surface area contributed by atoms with Crippen molar-refractivity contribution >= 4 is 0 Å². The lowest BCUT2D eigenvalue weighted by atomic mass is 10.0. The molecule has 1 aromatic carbocycles. The first-order valence-electron chi connectivity index (χ1n) is 7.10. The summed E-state index contributed by atoms with van der Waals surface area (Å²) in [5.41, 5.74) is 2.23. The summed E-state index contributed by atoms with van der Waals surface area (Å²) in [4.78, 5) is 4.25. The lowest BCUT2D eigenvalue weighted by Crippen LogP contribution is -2.11. The molecule has 20 heavy (non-hydrogen) atoms. The van der Waals surface area contributed by atoms with Crippen LogP contribution in [-0.4, -0.2) is 19.9 Å². The second-order valence-corrected chi connectivity index (χ2v) is 5.74. The Morgan fingerprint density at radius 2 is 1.80 bits per heavy atom. The van der Waals surface area contributed by atoms with Crippen molar-refractivity contribution in [1.82, 2.24) is 14.8 Å². The molecule has 0 amide bonds. The van der Waals surface area contributed by atoms with E-state index in [2.05, 4.69) is 36.1 Å². The van der Waals surface area contributed by atoms with Crippen molar-refractivity contribution < 1.29 is 5.11 Å². The third kappa shape index (κ3) is 3.67. The average molecular weight is 273 g/mol.